The third-order valence-electron chi connectivity index (χ3n) is 5.17. The summed E-state index contributed by atoms with van der Waals surface area (Å²) >= 11 is 6.24. The van der Waals surface area contributed by atoms with Gasteiger partial charge >= 0.3 is 0 Å². The van der Waals surface area contributed by atoms with Crippen LogP contribution in [-0.4, -0.2) is 11.6 Å². The van der Waals surface area contributed by atoms with Crippen LogP contribution < -0.4 is 4.74 Å². The average Bonchev–Trinajstić information content (AvgIpc) is 2.68. The third-order valence-corrected chi connectivity index (χ3v) is 5.41. The van der Waals surface area contributed by atoms with Crippen molar-refractivity contribution >= 4 is 23.2 Å². The van der Waals surface area contributed by atoms with Crippen LogP contribution in [0.25, 0.3) is 0 Å². The van der Waals surface area contributed by atoms with Gasteiger partial charge in [-0.25, -0.2) is 0 Å². The lowest BCUT2D eigenvalue weighted by atomic mass is 9.74. The lowest BCUT2D eigenvalue weighted by Crippen LogP contribution is -2.31. The number of para-hydroxylation sites is 1. The number of carbonyl (C=O) groups is 2. The number of Topliss-reactive ketones (excluding diaryl/α,β-unsaturated/α-hetero) is 2. The predicted octanol–water partition coefficient (Wildman–Crippen LogP) is 5.97. The Kier molecular flexibility index (Phi) is 4.78. The van der Waals surface area contributed by atoms with Crippen molar-refractivity contribution in [2.24, 2.45) is 5.92 Å². The van der Waals surface area contributed by atoms with Gasteiger partial charge in [0.25, 0.3) is 0 Å². The fourth-order valence-electron chi connectivity index (χ4n) is 3.80. The predicted molar refractivity (Wildman–Crippen MR) is 109 cm³/mol. The largest absolute Gasteiger partial charge is 0.457 e. The summed E-state index contributed by atoms with van der Waals surface area (Å²) in [5.74, 6) is -0.408. The maximum absolute atomic E-state index is 13.4. The van der Waals surface area contributed by atoms with Gasteiger partial charge in [0.1, 0.15) is 17.3 Å². The van der Waals surface area contributed by atoms with Crippen LogP contribution in [0.15, 0.2) is 66.7 Å². The van der Waals surface area contributed by atoms with E-state index in [-0.39, 0.29) is 11.6 Å². The number of hydrogen-bond donors (Lipinski definition) is 0. The quantitative estimate of drug-likeness (QED) is 0.407. The maximum atomic E-state index is 13.4. The number of hydrogen-bond acceptors (Lipinski definition) is 3. The van der Waals surface area contributed by atoms with E-state index in [0.717, 1.165) is 16.7 Å². The van der Waals surface area contributed by atoms with Crippen LogP contribution in [0.2, 0.25) is 5.02 Å². The molecule has 0 unspecified atom stereocenters. The molecule has 1 heterocycles. The van der Waals surface area contributed by atoms with Crippen molar-refractivity contribution in [3.05, 3.63) is 94.0 Å². The van der Waals surface area contributed by atoms with E-state index >= 15 is 0 Å². The molecule has 140 valence electrons. The van der Waals surface area contributed by atoms with Gasteiger partial charge in [-0.15, -0.1) is 0 Å². The van der Waals surface area contributed by atoms with Crippen molar-refractivity contribution in [2.45, 2.75) is 19.8 Å². The fourth-order valence-corrected chi connectivity index (χ4v) is 3.98. The smallest absolute Gasteiger partial charge is 0.174 e. The SMILES string of the molecule is CC(=O)[C@@H](C(=O)c1ccc(C)cc1)[C@@H]1c2ccccc2Oc2ccc(Cl)cc21. The van der Waals surface area contributed by atoms with Gasteiger partial charge < -0.3 is 4.74 Å². The number of rotatable bonds is 4. The number of ketones is 2. The van der Waals surface area contributed by atoms with Crippen LogP contribution in [0.5, 0.6) is 11.5 Å². The highest BCUT2D eigenvalue weighted by Crippen LogP contribution is 2.49. The summed E-state index contributed by atoms with van der Waals surface area (Å²) in [6.45, 7) is 3.43. The molecule has 0 radical (unpaired) electrons. The molecule has 2 atom stereocenters. The van der Waals surface area contributed by atoms with E-state index in [1.54, 1.807) is 30.3 Å². The van der Waals surface area contributed by atoms with Crippen molar-refractivity contribution in [1.29, 1.82) is 0 Å². The van der Waals surface area contributed by atoms with Crippen LogP contribution in [0.4, 0.5) is 0 Å². The van der Waals surface area contributed by atoms with Crippen molar-refractivity contribution in [3.63, 3.8) is 0 Å². The molecule has 1 aliphatic rings. The summed E-state index contributed by atoms with van der Waals surface area (Å²) in [7, 11) is 0. The average molecular weight is 391 g/mol. The summed E-state index contributed by atoms with van der Waals surface area (Å²) in [4.78, 5) is 26.1. The Balaban J connectivity index is 1.89. The molecule has 4 heteroatoms. The topological polar surface area (TPSA) is 43.4 Å². The Morgan fingerprint density at radius 1 is 0.929 bits per heavy atom. The zero-order chi connectivity index (χ0) is 19.8. The van der Waals surface area contributed by atoms with E-state index in [2.05, 4.69) is 0 Å². The number of ether oxygens (including phenoxy) is 1. The number of halogens is 1. The van der Waals surface area contributed by atoms with Gasteiger partial charge in [0.2, 0.25) is 0 Å². The normalized spacial score (nSPS) is 15.8. The first kappa shape index (κ1) is 18.5. The second-order valence-corrected chi connectivity index (χ2v) is 7.55. The standard InChI is InChI=1S/C24H19ClO3/c1-14-7-9-16(10-8-14)24(27)22(15(2)26)23-18-5-3-4-6-20(18)28-21-12-11-17(25)13-19(21)23/h3-13,22-23H,1-2H3/t22-,23-/m1/s1. The molecular formula is C24H19ClO3. The molecule has 4 rings (SSSR count). The van der Waals surface area contributed by atoms with E-state index in [4.69, 9.17) is 16.3 Å². The molecular weight excluding hydrogens is 372 g/mol. The number of aryl methyl sites for hydroxylation is 1. The zero-order valence-electron chi connectivity index (χ0n) is 15.6. The van der Waals surface area contributed by atoms with Gasteiger partial charge in [0.05, 0.1) is 5.92 Å². The van der Waals surface area contributed by atoms with Gasteiger partial charge in [-0.2, -0.15) is 0 Å². The van der Waals surface area contributed by atoms with E-state index in [1.165, 1.54) is 6.92 Å². The highest BCUT2D eigenvalue weighted by atomic mass is 35.5. The molecule has 0 aliphatic carbocycles. The minimum Gasteiger partial charge on any atom is -0.457 e. The van der Waals surface area contributed by atoms with Crippen molar-refractivity contribution in [2.75, 3.05) is 0 Å². The number of carbonyl (C=O) groups excluding carboxylic acids is 2. The van der Waals surface area contributed by atoms with Gasteiger partial charge in [0.15, 0.2) is 5.78 Å². The molecule has 1 aliphatic heterocycles. The molecule has 3 aromatic carbocycles. The van der Waals surface area contributed by atoms with E-state index in [1.807, 2.05) is 43.3 Å². The summed E-state index contributed by atoms with van der Waals surface area (Å²) < 4.78 is 6.01. The van der Waals surface area contributed by atoms with E-state index in [0.29, 0.717) is 22.1 Å². The van der Waals surface area contributed by atoms with Gasteiger partial charge in [-0.1, -0.05) is 59.6 Å². The second kappa shape index (κ2) is 7.25. The van der Waals surface area contributed by atoms with Crippen LogP contribution in [0.1, 0.15) is 39.9 Å². The monoisotopic (exact) mass is 390 g/mol. The lowest BCUT2D eigenvalue weighted by molar-refractivity contribution is -0.119. The van der Waals surface area contributed by atoms with Crippen molar-refractivity contribution in [3.8, 4) is 11.5 Å². The molecule has 28 heavy (non-hydrogen) atoms. The minimum atomic E-state index is -0.857. The highest BCUT2D eigenvalue weighted by molar-refractivity contribution is 6.30. The number of benzene rings is 3. The first-order valence-corrected chi connectivity index (χ1v) is 9.51. The van der Waals surface area contributed by atoms with Crippen LogP contribution in [0, 0.1) is 12.8 Å². The molecule has 0 fully saturated rings. The molecule has 3 nitrogen and oxygen atoms in total. The molecule has 0 aromatic heterocycles. The van der Waals surface area contributed by atoms with E-state index < -0.39 is 11.8 Å². The Morgan fingerprint density at radius 3 is 2.32 bits per heavy atom. The summed E-state index contributed by atoms with van der Waals surface area (Å²) in [5.41, 5.74) is 3.16. The van der Waals surface area contributed by atoms with Crippen LogP contribution in [0.3, 0.4) is 0 Å². The van der Waals surface area contributed by atoms with Gasteiger partial charge in [-0.3, -0.25) is 9.59 Å². The molecule has 0 saturated carbocycles. The molecule has 0 spiro atoms. The first-order chi connectivity index (χ1) is 13.5. The first-order valence-electron chi connectivity index (χ1n) is 9.13. The summed E-state index contributed by atoms with van der Waals surface area (Å²) in [6, 6.07) is 20.2. The summed E-state index contributed by atoms with van der Waals surface area (Å²) in [5, 5.41) is 0.539. The summed E-state index contributed by atoms with van der Waals surface area (Å²) in [6.07, 6.45) is 0. The molecule has 0 bridgehead atoms. The van der Waals surface area contributed by atoms with Gasteiger partial charge in [-0.05, 0) is 38.1 Å². The Bertz CT molecular complexity index is 1070. The van der Waals surface area contributed by atoms with Crippen molar-refractivity contribution < 1.29 is 14.3 Å². The Hall–Kier alpha value is -2.91. The minimum absolute atomic E-state index is 0.182. The van der Waals surface area contributed by atoms with Crippen molar-refractivity contribution in [1.82, 2.24) is 0 Å². The fraction of sp³-hybridized carbons (Fsp3) is 0.167. The maximum Gasteiger partial charge on any atom is 0.174 e. The third kappa shape index (κ3) is 3.23. The lowest BCUT2D eigenvalue weighted by Gasteiger charge is -2.32. The van der Waals surface area contributed by atoms with Crippen LogP contribution >= 0.6 is 11.6 Å². The molecule has 0 saturated heterocycles. The number of fused-ring (bicyclic) bond motifs is 2. The molecule has 0 N–H and O–H groups in total. The highest BCUT2D eigenvalue weighted by Gasteiger charge is 2.40. The van der Waals surface area contributed by atoms with Crippen LogP contribution in [-0.2, 0) is 4.79 Å². The Morgan fingerprint density at radius 2 is 1.61 bits per heavy atom. The molecule has 3 aromatic rings. The second-order valence-electron chi connectivity index (χ2n) is 7.12. The van der Waals surface area contributed by atoms with Gasteiger partial charge in [0, 0.05) is 27.6 Å². The van der Waals surface area contributed by atoms with E-state index in [9.17, 15) is 9.59 Å². The zero-order valence-corrected chi connectivity index (χ0v) is 16.4. The molecule has 0 amide bonds. The Labute approximate surface area is 168 Å².